The molecule has 0 amide bonds. The van der Waals surface area contributed by atoms with Gasteiger partial charge in [-0.05, 0) is 54.4 Å². The minimum absolute atomic E-state index is 1.07. The zero-order valence-electron chi connectivity index (χ0n) is 15.9. The van der Waals surface area contributed by atoms with Gasteiger partial charge in [-0.3, -0.25) is 0 Å². The second kappa shape index (κ2) is 12.0. The Bertz CT molecular complexity index is 694. The Morgan fingerprint density at radius 1 is 0.731 bits per heavy atom. The molecule has 0 saturated heterocycles. The molecule has 2 rings (SSSR count). The first kappa shape index (κ1) is 19.8. The molecular weight excluding hydrogens is 316 g/mol. The van der Waals surface area contributed by atoms with Gasteiger partial charge in [0.1, 0.15) is 0 Å². The summed E-state index contributed by atoms with van der Waals surface area (Å²) in [6, 6.07) is 17.1. The van der Waals surface area contributed by atoms with Gasteiger partial charge in [0.25, 0.3) is 0 Å². The molecule has 136 valence electrons. The first-order chi connectivity index (χ1) is 12.8. The van der Waals surface area contributed by atoms with Crippen molar-refractivity contribution in [3.05, 3.63) is 83.4 Å². The average Bonchev–Trinajstić information content (AvgIpc) is 2.68. The Kier molecular flexibility index (Phi) is 9.13. The maximum absolute atomic E-state index is 4.16. The van der Waals surface area contributed by atoms with Gasteiger partial charge in [-0.15, -0.1) is 6.58 Å². The van der Waals surface area contributed by atoms with Crippen molar-refractivity contribution in [2.75, 3.05) is 0 Å². The molecule has 0 N–H and O–H groups in total. The highest BCUT2D eigenvalue weighted by Gasteiger charge is 1.94. The van der Waals surface area contributed by atoms with E-state index in [0.717, 1.165) is 36.8 Å². The summed E-state index contributed by atoms with van der Waals surface area (Å²) in [6.45, 7) is 5.99. The number of unbranched alkanes of at least 4 members (excludes halogenated alkanes) is 3. The number of hydrogen-bond acceptors (Lipinski definition) is 2. The van der Waals surface area contributed by atoms with Gasteiger partial charge in [0.15, 0.2) is 0 Å². The van der Waals surface area contributed by atoms with E-state index < -0.39 is 0 Å². The van der Waals surface area contributed by atoms with Crippen molar-refractivity contribution in [1.82, 2.24) is 0 Å². The topological polar surface area (TPSA) is 24.7 Å². The van der Waals surface area contributed by atoms with Crippen LogP contribution in [0.4, 0.5) is 0 Å². The Morgan fingerprint density at radius 2 is 1.23 bits per heavy atom. The minimum Gasteiger partial charge on any atom is -0.159 e. The first-order valence-corrected chi connectivity index (χ1v) is 9.67. The van der Waals surface area contributed by atoms with E-state index in [1.807, 2.05) is 6.08 Å². The van der Waals surface area contributed by atoms with Gasteiger partial charge in [-0.1, -0.05) is 74.4 Å². The lowest BCUT2D eigenvalue weighted by Gasteiger charge is -2.00. The smallest absolute Gasteiger partial charge is 0.0568 e. The van der Waals surface area contributed by atoms with Crippen LogP contribution in [0, 0.1) is 0 Å². The van der Waals surface area contributed by atoms with E-state index in [4.69, 9.17) is 0 Å². The normalized spacial score (nSPS) is 11.4. The summed E-state index contributed by atoms with van der Waals surface area (Å²) >= 11 is 0. The largest absolute Gasteiger partial charge is 0.159 e. The Balaban J connectivity index is 1.80. The predicted molar refractivity (Wildman–Crippen MR) is 114 cm³/mol. The molecule has 26 heavy (non-hydrogen) atoms. The number of rotatable bonds is 11. The third kappa shape index (κ3) is 7.60. The van der Waals surface area contributed by atoms with Crippen LogP contribution in [-0.2, 0) is 12.8 Å². The van der Waals surface area contributed by atoms with Crippen molar-refractivity contribution in [3.63, 3.8) is 0 Å². The molecule has 0 aliphatic carbocycles. The molecule has 2 nitrogen and oxygen atoms in total. The summed E-state index contributed by atoms with van der Waals surface area (Å²) in [5.74, 6) is 0. The Morgan fingerprint density at radius 3 is 1.69 bits per heavy atom. The highest BCUT2D eigenvalue weighted by atomic mass is 15.2. The van der Waals surface area contributed by atoms with Crippen molar-refractivity contribution < 1.29 is 0 Å². The average molecular weight is 347 g/mol. The van der Waals surface area contributed by atoms with E-state index in [-0.39, 0.29) is 0 Å². The van der Waals surface area contributed by atoms with Gasteiger partial charge in [0.05, 0.1) is 12.4 Å². The van der Waals surface area contributed by atoms with Crippen molar-refractivity contribution in [2.45, 2.75) is 51.9 Å². The lowest BCUT2D eigenvalue weighted by Crippen LogP contribution is -1.87. The van der Waals surface area contributed by atoms with Crippen LogP contribution in [0.5, 0.6) is 0 Å². The molecule has 2 heteroatoms. The zero-order chi connectivity index (χ0) is 18.5. The van der Waals surface area contributed by atoms with E-state index in [1.165, 1.54) is 30.4 Å². The summed E-state index contributed by atoms with van der Waals surface area (Å²) in [7, 11) is 0. The van der Waals surface area contributed by atoms with Crippen LogP contribution >= 0.6 is 0 Å². The van der Waals surface area contributed by atoms with Gasteiger partial charge < -0.3 is 0 Å². The van der Waals surface area contributed by atoms with Crippen LogP contribution in [-0.4, -0.2) is 12.4 Å². The molecule has 0 bridgehead atoms. The standard InChI is InChI=1S/C24H30N2/c1-3-5-7-9-21-11-15-23(16-12-21)19-25-26-20-24-17-13-22(14-18-24)10-8-6-4-2/h3,11-20H,1,4-10H2,2H3. The molecule has 0 aliphatic heterocycles. The molecule has 0 heterocycles. The lowest BCUT2D eigenvalue weighted by molar-refractivity contribution is 0.717. The van der Waals surface area contributed by atoms with Gasteiger partial charge in [-0.25, -0.2) is 0 Å². The fourth-order valence-corrected chi connectivity index (χ4v) is 2.77. The van der Waals surface area contributed by atoms with Gasteiger partial charge in [0.2, 0.25) is 0 Å². The van der Waals surface area contributed by atoms with Crippen LogP contribution in [0.15, 0.2) is 71.4 Å². The number of benzene rings is 2. The van der Waals surface area contributed by atoms with E-state index in [0.29, 0.717) is 0 Å². The molecule has 0 fully saturated rings. The van der Waals surface area contributed by atoms with Crippen LogP contribution in [0.1, 0.15) is 61.3 Å². The van der Waals surface area contributed by atoms with E-state index in [2.05, 4.69) is 72.2 Å². The van der Waals surface area contributed by atoms with Gasteiger partial charge in [0, 0.05) is 0 Å². The fraction of sp³-hybridized carbons (Fsp3) is 0.333. The van der Waals surface area contributed by atoms with Crippen LogP contribution in [0.2, 0.25) is 0 Å². The first-order valence-electron chi connectivity index (χ1n) is 9.67. The second-order valence-corrected chi connectivity index (χ2v) is 6.61. The van der Waals surface area contributed by atoms with E-state index in [1.54, 1.807) is 12.4 Å². The third-order valence-electron chi connectivity index (χ3n) is 4.38. The summed E-state index contributed by atoms with van der Waals surface area (Å²) in [6.07, 6.45) is 13.9. The quantitative estimate of drug-likeness (QED) is 0.195. The van der Waals surface area contributed by atoms with E-state index >= 15 is 0 Å². The Labute approximate surface area is 158 Å². The van der Waals surface area contributed by atoms with Crippen LogP contribution in [0.3, 0.4) is 0 Å². The summed E-state index contributed by atoms with van der Waals surface area (Å²) in [4.78, 5) is 0. The van der Waals surface area contributed by atoms with Gasteiger partial charge in [-0.2, -0.15) is 10.2 Å². The summed E-state index contributed by atoms with van der Waals surface area (Å²) < 4.78 is 0. The predicted octanol–water partition coefficient (Wildman–Crippen LogP) is 6.38. The molecular formula is C24H30N2. The molecule has 0 saturated carbocycles. The third-order valence-corrected chi connectivity index (χ3v) is 4.38. The number of hydrogen-bond donors (Lipinski definition) is 0. The maximum Gasteiger partial charge on any atom is 0.0568 e. The van der Waals surface area contributed by atoms with Crippen LogP contribution < -0.4 is 0 Å². The number of nitrogens with zero attached hydrogens (tertiary/aromatic N) is 2. The van der Waals surface area contributed by atoms with Crippen molar-refractivity contribution in [1.29, 1.82) is 0 Å². The lowest BCUT2D eigenvalue weighted by atomic mass is 10.1. The van der Waals surface area contributed by atoms with Gasteiger partial charge >= 0.3 is 0 Å². The van der Waals surface area contributed by atoms with Crippen molar-refractivity contribution >= 4 is 12.4 Å². The molecule has 0 spiro atoms. The Hall–Kier alpha value is -2.48. The summed E-state index contributed by atoms with van der Waals surface area (Å²) in [5.41, 5.74) is 4.90. The molecule has 0 aliphatic rings. The monoisotopic (exact) mass is 346 g/mol. The van der Waals surface area contributed by atoms with Crippen LogP contribution in [0.25, 0.3) is 0 Å². The highest BCUT2D eigenvalue weighted by molar-refractivity contribution is 5.82. The second-order valence-electron chi connectivity index (χ2n) is 6.61. The molecule has 2 aromatic rings. The summed E-state index contributed by atoms with van der Waals surface area (Å²) in [5, 5.41) is 8.31. The zero-order valence-corrected chi connectivity index (χ0v) is 15.9. The molecule has 0 radical (unpaired) electrons. The maximum atomic E-state index is 4.16. The molecule has 0 aromatic heterocycles. The highest BCUT2D eigenvalue weighted by Crippen LogP contribution is 2.09. The molecule has 2 aromatic carbocycles. The number of allylic oxidation sites excluding steroid dienone is 1. The molecule has 0 atom stereocenters. The fourth-order valence-electron chi connectivity index (χ4n) is 2.77. The SMILES string of the molecule is C=CCCCc1ccc(C=NN=Cc2ccc(CCCCC)cc2)cc1. The van der Waals surface area contributed by atoms with E-state index in [9.17, 15) is 0 Å². The van der Waals surface area contributed by atoms with Crippen molar-refractivity contribution in [2.24, 2.45) is 10.2 Å². The number of aryl methyl sites for hydroxylation is 2. The molecule has 0 unspecified atom stereocenters. The van der Waals surface area contributed by atoms with Crippen molar-refractivity contribution in [3.8, 4) is 0 Å². The minimum atomic E-state index is 1.07.